The van der Waals surface area contributed by atoms with E-state index in [2.05, 4.69) is 26.0 Å². The maximum absolute atomic E-state index is 13.5. The first-order chi connectivity index (χ1) is 14.3. The molecule has 160 valence electrons. The molecule has 1 N–H and O–H groups in total. The van der Waals surface area contributed by atoms with E-state index in [1.54, 1.807) is 7.11 Å². The van der Waals surface area contributed by atoms with Crippen molar-refractivity contribution in [3.63, 3.8) is 0 Å². The molecule has 3 saturated carbocycles. The molecule has 3 nitrogen and oxygen atoms in total. The van der Waals surface area contributed by atoms with Crippen LogP contribution < -0.4 is 4.74 Å². The fourth-order valence-corrected chi connectivity index (χ4v) is 7.34. The summed E-state index contributed by atoms with van der Waals surface area (Å²) in [6.45, 7) is 4.67. The summed E-state index contributed by atoms with van der Waals surface area (Å²) in [5.41, 5.74) is 3.58. The molecule has 0 amide bonds. The first-order valence-electron chi connectivity index (χ1n) is 11.6. The second-order valence-electron chi connectivity index (χ2n) is 10.6. The minimum Gasteiger partial charge on any atom is -0.497 e. The fourth-order valence-electron chi connectivity index (χ4n) is 7.34. The number of carbonyl (C=O) groups is 1. The van der Waals surface area contributed by atoms with Crippen LogP contribution in [0.5, 0.6) is 5.75 Å². The SMILES string of the molecule is COc1ccc(/C=C2/C[C@@H]3[C@H]4CC=C5C[C@H](O)CC[C@]5(C)[C@@H]4CC[C@@]3(C)C2=O)cc1. The number of rotatable bonds is 2. The first kappa shape index (κ1) is 20.1. The zero-order valence-corrected chi connectivity index (χ0v) is 18.5. The lowest BCUT2D eigenvalue weighted by Crippen LogP contribution is -2.50. The second-order valence-corrected chi connectivity index (χ2v) is 10.6. The molecular weight excluding hydrogens is 372 g/mol. The van der Waals surface area contributed by atoms with Gasteiger partial charge < -0.3 is 9.84 Å². The molecule has 1 aromatic carbocycles. The molecule has 0 saturated heterocycles. The number of carbonyl (C=O) groups excluding carboxylic acids is 1. The van der Waals surface area contributed by atoms with Crippen LogP contribution in [0, 0.1) is 28.6 Å². The molecule has 0 spiro atoms. The molecular formula is C27H34O3. The first-order valence-corrected chi connectivity index (χ1v) is 11.6. The summed E-state index contributed by atoms with van der Waals surface area (Å²) >= 11 is 0. The van der Waals surface area contributed by atoms with Crippen molar-refractivity contribution in [1.82, 2.24) is 0 Å². The molecule has 0 unspecified atom stereocenters. The third-order valence-corrected chi connectivity index (χ3v) is 9.17. The van der Waals surface area contributed by atoms with Gasteiger partial charge in [0.1, 0.15) is 5.75 Å². The van der Waals surface area contributed by atoms with Crippen LogP contribution in [0.25, 0.3) is 6.08 Å². The van der Waals surface area contributed by atoms with Crippen molar-refractivity contribution in [2.45, 2.75) is 64.9 Å². The number of aliphatic hydroxyl groups excluding tert-OH is 1. The second kappa shape index (κ2) is 7.09. The molecule has 0 radical (unpaired) electrons. The summed E-state index contributed by atoms with van der Waals surface area (Å²) in [5, 5.41) is 10.2. The Morgan fingerprint density at radius 2 is 1.77 bits per heavy atom. The zero-order valence-electron chi connectivity index (χ0n) is 18.5. The Morgan fingerprint density at radius 1 is 1.03 bits per heavy atom. The van der Waals surface area contributed by atoms with E-state index in [4.69, 9.17) is 4.74 Å². The lowest BCUT2D eigenvalue weighted by atomic mass is 9.48. The predicted molar refractivity (Wildman–Crippen MR) is 119 cm³/mol. The average Bonchev–Trinajstić information content (AvgIpc) is 3.00. The highest BCUT2D eigenvalue weighted by atomic mass is 16.5. The molecule has 5 rings (SSSR count). The van der Waals surface area contributed by atoms with Gasteiger partial charge in [-0.25, -0.2) is 0 Å². The van der Waals surface area contributed by atoms with E-state index in [1.807, 2.05) is 24.3 Å². The Morgan fingerprint density at radius 3 is 2.50 bits per heavy atom. The van der Waals surface area contributed by atoms with Gasteiger partial charge in [-0.3, -0.25) is 4.79 Å². The number of fused-ring (bicyclic) bond motifs is 5. The van der Waals surface area contributed by atoms with Gasteiger partial charge in [0.05, 0.1) is 13.2 Å². The van der Waals surface area contributed by atoms with Crippen LogP contribution in [0.15, 0.2) is 41.5 Å². The van der Waals surface area contributed by atoms with Crippen molar-refractivity contribution in [3.8, 4) is 5.75 Å². The number of ketones is 1. The Labute approximate surface area is 180 Å². The molecule has 0 aromatic heterocycles. The Balaban J connectivity index is 1.45. The average molecular weight is 407 g/mol. The highest BCUT2D eigenvalue weighted by Crippen LogP contribution is 2.64. The van der Waals surface area contributed by atoms with Crippen molar-refractivity contribution in [1.29, 1.82) is 0 Å². The number of Topliss-reactive ketones (excluding diaryl/α,β-unsaturated/α-hetero) is 1. The number of hydrogen-bond donors (Lipinski definition) is 1. The van der Waals surface area contributed by atoms with E-state index < -0.39 is 0 Å². The van der Waals surface area contributed by atoms with E-state index >= 15 is 0 Å². The molecule has 3 heteroatoms. The van der Waals surface area contributed by atoms with Gasteiger partial charge in [0.2, 0.25) is 0 Å². The quantitative estimate of drug-likeness (QED) is 0.515. The Bertz CT molecular complexity index is 911. The van der Waals surface area contributed by atoms with Crippen LogP contribution in [0.1, 0.15) is 64.4 Å². The van der Waals surface area contributed by atoms with E-state index in [-0.39, 0.29) is 16.9 Å². The van der Waals surface area contributed by atoms with E-state index in [0.29, 0.717) is 23.5 Å². The molecule has 0 aliphatic heterocycles. The van der Waals surface area contributed by atoms with Gasteiger partial charge in [-0.05, 0) is 97.5 Å². The number of ether oxygens (including phenoxy) is 1. The highest BCUT2D eigenvalue weighted by molar-refractivity contribution is 6.05. The summed E-state index contributed by atoms with van der Waals surface area (Å²) in [6.07, 6.45) is 11.4. The fraction of sp³-hybridized carbons (Fsp3) is 0.593. The van der Waals surface area contributed by atoms with Crippen LogP contribution in [0.2, 0.25) is 0 Å². The minimum atomic E-state index is -0.213. The summed E-state index contributed by atoms with van der Waals surface area (Å²) in [4.78, 5) is 13.5. The molecule has 3 fully saturated rings. The van der Waals surface area contributed by atoms with Crippen molar-refractivity contribution in [2.24, 2.45) is 28.6 Å². The lowest BCUT2D eigenvalue weighted by Gasteiger charge is -2.56. The molecule has 0 heterocycles. The summed E-state index contributed by atoms with van der Waals surface area (Å²) in [7, 11) is 1.67. The van der Waals surface area contributed by atoms with Crippen molar-refractivity contribution in [3.05, 3.63) is 47.1 Å². The maximum atomic E-state index is 13.5. The van der Waals surface area contributed by atoms with Gasteiger partial charge in [0.25, 0.3) is 0 Å². The largest absolute Gasteiger partial charge is 0.497 e. The van der Waals surface area contributed by atoms with Gasteiger partial charge >= 0.3 is 0 Å². The topological polar surface area (TPSA) is 46.5 Å². The number of benzene rings is 1. The maximum Gasteiger partial charge on any atom is 0.165 e. The molecule has 1 aromatic rings. The van der Waals surface area contributed by atoms with E-state index in [9.17, 15) is 9.90 Å². The monoisotopic (exact) mass is 406 g/mol. The Kier molecular flexibility index (Phi) is 4.74. The predicted octanol–water partition coefficient (Wildman–Crippen LogP) is 5.58. The van der Waals surface area contributed by atoms with Crippen LogP contribution >= 0.6 is 0 Å². The highest BCUT2D eigenvalue weighted by Gasteiger charge is 2.59. The number of aliphatic hydroxyl groups is 1. The summed E-state index contributed by atoms with van der Waals surface area (Å²) < 4.78 is 5.26. The molecule has 6 atom stereocenters. The lowest BCUT2D eigenvalue weighted by molar-refractivity contribution is -0.130. The Hall–Kier alpha value is -1.87. The van der Waals surface area contributed by atoms with Crippen molar-refractivity contribution >= 4 is 11.9 Å². The summed E-state index contributed by atoms with van der Waals surface area (Å²) in [6, 6.07) is 8.00. The van der Waals surface area contributed by atoms with Crippen molar-refractivity contribution < 1.29 is 14.6 Å². The molecule has 4 aliphatic carbocycles. The van der Waals surface area contributed by atoms with Crippen LogP contribution in [0.4, 0.5) is 0 Å². The third-order valence-electron chi connectivity index (χ3n) is 9.17. The molecule has 0 bridgehead atoms. The minimum absolute atomic E-state index is 0.165. The number of allylic oxidation sites excluding steroid dienone is 2. The van der Waals surface area contributed by atoms with Gasteiger partial charge in [0, 0.05) is 5.41 Å². The van der Waals surface area contributed by atoms with Gasteiger partial charge in [-0.15, -0.1) is 0 Å². The van der Waals surface area contributed by atoms with Gasteiger partial charge in [-0.2, -0.15) is 0 Å². The third kappa shape index (κ3) is 2.92. The standard InChI is InChI=1S/C27H34O3/c1-26-12-10-20(28)16-19(26)6-9-22-23(26)11-13-27(2)24(22)15-18(25(27)29)14-17-4-7-21(30-3)8-5-17/h4-8,14,20,22-24,28H,9-13,15-16H2,1-3H3/b18-14-/t20-,22+,23-,24-,26+,27-/m1/s1. The molecule has 30 heavy (non-hydrogen) atoms. The van der Waals surface area contributed by atoms with E-state index in [0.717, 1.165) is 61.8 Å². The smallest absolute Gasteiger partial charge is 0.165 e. The van der Waals surface area contributed by atoms with Gasteiger partial charge in [0.15, 0.2) is 5.78 Å². The zero-order chi connectivity index (χ0) is 21.1. The normalized spacial score (nSPS) is 41.7. The molecule has 4 aliphatic rings. The summed E-state index contributed by atoms with van der Waals surface area (Å²) in [5.74, 6) is 2.89. The van der Waals surface area contributed by atoms with Crippen LogP contribution in [-0.2, 0) is 4.79 Å². The van der Waals surface area contributed by atoms with Crippen LogP contribution in [0.3, 0.4) is 0 Å². The van der Waals surface area contributed by atoms with Crippen LogP contribution in [-0.4, -0.2) is 24.1 Å². The number of hydrogen-bond acceptors (Lipinski definition) is 3. The van der Waals surface area contributed by atoms with Crippen molar-refractivity contribution in [2.75, 3.05) is 7.11 Å². The number of methoxy groups -OCH3 is 1. The van der Waals surface area contributed by atoms with E-state index in [1.165, 1.54) is 5.57 Å². The van der Waals surface area contributed by atoms with Gasteiger partial charge in [-0.1, -0.05) is 37.6 Å².